The molecule has 2 N–H and O–H groups in total. The molecule has 0 saturated heterocycles. The van der Waals surface area contributed by atoms with Crippen LogP contribution in [0, 0.1) is 17.1 Å². The molecule has 2 aromatic rings. The average molecular weight is 293 g/mol. The van der Waals surface area contributed by atoms with Gasteiger partial charge in [0, 0.05) is 16.3 Å². The van der Waals surface area contributed by atoms with Gasteiger partial charge in [0.05, 0.1) is 10.6 Å². The number of hydrogen-bond donors (Lipinski definition) is 1. The van der Waals surface area contributed by atoms with Crippen molar-refractivity contribution >= 4 is 29.1 Å². The number of nitriles is 1. The van der Waals surface area contributed by atoms with Crippen molar-refractivity contribution in [1.82, 2.24) is 0 Å². The lowest BCUT2D eigenvalue weighted by molar-refractivity contribution is 0.623. The predicted octanol–water partition coefficient (Wildman–Crippen LogP) is 4.23. The number of anilines is 1. The lowest BCUT2D eigenvalue weighted by atomic mass is 10.1. The van der Waals surface area contributed by atoms with Crippen molar-refractivity contribution in [3.05, 3.63) is 58.4 Å². The number of nitrogen functional groups attached to an aromatic ring is 1. The maximum absolute atomic E-state index is 13.2. The fraction of sp³-hybridized carbons (Fsp3) is 0.0714. The number of benzene rings is 2. The van der Waals surface area contributed by atoms with Crippen LogP contribution in [-0.4, -0.2) is 0 Å². The molecule has 19 heavy (non-hydrogen) atoms. The van der Waals surface area contributed by atoms with Gasteiger partial charge in [0.25, 0.3) is 0 Å². The second-order valence-electron chi connectivity index (χ2n) is 3.90. The molecule has 0 amide bonds. The average Bonchev–Trinajstić information content (AvgIpc) is 2.41. The SMILES string of the molecule is N#Cc1cc(CSc2cc(N)ccc2Cl)ccc1F. The minimum atomic E-state index is -0.502. The van der Waals surface area contributed by atoms with Gasteiger partial charge in [-0.25, -0.2) is 4.39 Å². The Balaban J connectivity index is 2.15. The van der Waals surface area contributed by atoms with Gasteiger partial charge in [-0.15, -0.1) is 11.8 Å². The second-order valence-corrected chi connectivity index (χ2v) is 5.33. The monoisotopic (exact) mass is 292 g/mol. The van der Waals surface area contributed by atoms with E-state index in [1.165, 1.54) is 17.8 Å². The minimum Gasteiger partial charge on any atom is -0.399 e. The molecule has 0 bridgehead atoms. The first-order chi connectivity index (χ1) is 9.10. The highest BCUT2D eigenvalue weighted by molar-refractivity contribution is 7.98. The van der Waals surface area contributed by atoms with E-state index in [1.54, 1.807) is 30.3 Å². The first-order valence-electron chi connectivity index (χ1n) is 5.46. The molecule has 0 aliphatic heterocycles. The molecule has 0 spiro atoms. The molecule has 0 unspecified atom stereocenters. The standard InChI is InChI=1S/C14H10ClFN2S/c15-12-3-2-11(18)6-14(12)19-8-9-1-4-13(16)10(5-9)7-17/h1-6H,8,18H2. The zero-order valence-corrected chi connectivity index (χ0v) is 11.4. The van der Waals surface area contributed by atoms with Crippen molar-refractivity contribution in [2.75, 3.05) is 5.73 Å². The zero-order valence-electron chi connectivity index (χ0n) is 9.86. The second kappa shape index (κ2) is 5.96. The van der Waals surface area contributed by atoms with Crippen LogP contribution in [0.2, 0.25) is 5.02 Å². The van der Waals surface area contributed by atoms with Crippen molar-refractivity contribution in [3.63, 3.8) is 0 Å². The molecule has 2 rings (SSSR count). The van der Waals surface area contributed by atoms with Gasteiger partial charge in [-0.2, -0.15) is 5.26 Å². The fourth-order valence-electron chi connectivity index (χ4n) is 1.54. The van der Waals surface area contributed by atoms with Crippen molar-refractivity contribution in [1.29, 1.82) is 5.26 Å². The lowest BCUT2D eigenvalue weighted by Gasteiger charge is -2.06. The number of thioether (sulfide) groups is 1. The third-order valence-electron chi connectivity index (χ3n) is 2.50. The number of hydrogen-bond acceptors (Lipinski definition) is 3. The number of halogens is 2. The van der Waals surface area contributed by atoms with Crippen molar-refractivity contribution in [3.8, 4) is 6.07 Å². The van der Waals surface area contributed by atoms with Crippen LogP contribution in [0.3, 0.4) is 0 Å². The van der Waals surface area contributed by atoms with Gasteiger partial charge >= 0.3 is 0 Å². The molecule has 0 saturated carbocycles. The first kappa shape index (κ1) is 13.7. The van der Waals surface area contributed by atoms with Gasteiger partial charge in [-0.1, -0.05) is 17.7 Å². The molecule has 2 aromatic carbocycles. The summed E-state index contributed by atoms with van der Waals surface area (Å²) in [6.07, 6.45) is 0. The van der Waals surface area contributed by atoms with Crippen LogP contribution in [0.5, 0.6) is 0 Å². The highest BCUT2D eigenvalue weighted by Gasteiger charge is 2.05. The van der Waals surface area contributed by atoms with Gasteiger partial charge in [0.2, 0.25) is 0 Å². The van der Waals surface area contributed by atoms with E-state index in [4.69, 9.17) is 22.6 Å². The molecule has 0 radical (unpaired) electrons. The number of nitrogens with two attached hydrogens (primary N) is 1. The first-order valence-corrected chi connectivity index (χ1v) is 6.83. The largest absolute Gasteiger partial charge is 0.399 e. The molecule has 0 aromatic heterocycles. The highest BCUT2D eigenvalue weighted by atomic mass is 35.5. The summed E-state index contributed by atoms with van der Waals surface area (Å²) in [4.78, 5) is 0.865. The number of rotatable bonds is 3. The third-order valence-corrected chi connectivity index (χ3v) is 4.07. The normalized spacial score (nSPS) is 10.2. The van der Waals surface area contributed by atoms with Crippen LogP contribution in [0.25, 0.3) is 0 Å². The fourth-order valence-corrected chi connectivity index (χ4v) is 2.75. The van der Waals surface area contributed by atoms with Gasteiger partial charge in [-0.05, 0) is 35.9 Å². The van der Waals surface area contributed by atoms with Crippen LogP contribution >= 0.6 is 23.4 Å². The summed E-state index contributed by atoms with van der Waals surface area (Å²) in [6, 6.07) is 11.6. The molecule has 0 fully saturated rings. The minimum absolute atomic E-state index is 0.0526. The Morgan fingerprint density at radius 3 is 2.79 bits per heavy atom. The Kier molecular flexibility index (Phi) is 4.31. The van der Waals surface area contributed by atoms with Crippen LogP contribution < -0.4 is 5.73 Å². The van der Waals surface area contributed by atoms with Gasteiger partial charge in [0.1, 0.15) is 11.9 Å². The summed E-state index contributed by atoms with van der Waals surface area (Å²) in [5.74, 6) is 0.0937. The molecular weight excluding hydrogens is 283 g/mol. The molecule has 96 valence electrons. The Morgan fingerprint density at radius 1 is 1.26 bits per heavy atom. The molecule has 2 nitrogen and oxygen atoms in total. The summed E-state index contributed by atoms with van der Waals surface area (Å²) in [5, 5.41) is 9.40. The summed E-state index contributed by atoms with van der Waals surface area (Å²) >= 11 is 7.55. The summed E-state index contributed by atoms with van der Waals surface area (Å²) < 4.78 is 13.2. The summed E-state index contributed by atoms with van der Waals surface area (Å²) in [6.45, 7) is 0. The molecule has 0 aliphatic carbocycles. The smallest absolute Gasteiger partial charge is 0.140 e. The van der Waals surface area contributed by atoms with Gasteiger partial charge in [0.15, 0.2) is 0 Å². The van der Waals surface area contributed by atoms with E-state index in [9.17, 15) is 4.39 Å². The topological polar surface area (TPSA) is 49.8 Å². The van der Waals surface area contributed by atoms with E-state index in [-0.39, 0.29) is 5.56 Å². The highest BCUT2D eigenvalue weighted by Crippen LogP contribution is 2.31. The van der Waals surface area contributed by atoms with Crippen LogP contribution in [0.1, 0.15) is 11.1 Å². The molecule has 0 aliphatic rings. The molecular formula is C14H10ClFN2S. The number of nitrogens with zero attached hydrogens (tertiary/aromatic N) is 1. The predicted molar refractivity (Wildman–Crippen MR) is 76.5 cm³/mol. The molecule has 5 heteroatoms. The van der Waals surface area contributed by atoms with Gasteiger partial charge < -0.3 is 5.73 Å². The van der Waals surface area contributed by atoms with E-state index < -0.39 is 5.82 Å². The Hall–Kier alpha value is -1.70. The van der Waals surface area contributed by atoms with Crippen LogP contribution in [0.4, 0.5) is 10.1 Å². The van der Waals surface area contributed by atoms with Crippen molar-refractivity contribution < 1.29 is 4.39 Å². The van der Waals surface area contributed by atoms with E-state index in [0.717, 1.165) is 10.5 Å². The van der Waals surface area contributed by atoms with Crippen molar-refractivity contribution in [2.45, 2.75) is 10.6 Å². The van der Waals surface area contributed by atoms with E-state index in [2.05, 4.69) is 0 Å². The van der Waals surface area contributed by atoms with Gasteiger partial charge in [-0.3, -0.25) is 0 Å². The Morgan fingerprint density at radius 2 is 2.05 bits per heavy atom. The summed E-state index contributed by atoms with van der Waals surface area (Å²) in [7, 11) is 0. The maximum atomic E-state index is 13.2. The quantitative estimate of drug-likeness (QED) is 0.680. The third kappa shape index (κ3) is 3.40. The summed E-state index contributed by atoms with van der Waals surface area (Å²) in [5.41, 5.74) is 7.25. The van der Waals surface area contributed by atoms with Crippen molar-refractivity contribution in [2.24, 2.45) is 0 Å². The molecule has 0 atom stereocenters. The Bertz CT molecular complexity index is 652. The lowest BCUT2D eigenvalue weighted by Crippen LogP contribution is -1.89. The van der Waals surface area contributed by atoms with Crippen LogP contribution in [0.15, 0.2) is 41.3 Å². The van der Waals surface area contributed by atoms with E-state index >= 15 is 0 Å². The van der Waals surface area contributed by atoms with E-state index in [0.29, 0.717) is 16.5 Å². The zero-order chi connectivity index (χ0) is 13.8. The van der Waals surface area contributed by atoms with E-state index in [1.807, 2.05) is 6.07 Å². The molecule has 0 heterocycles. The van der Waals surface area contributed by atoms with Crippen LogP contribution in [-0.2, 0) is 5.75 Å². The Labute approximate surface area is 120 Å². The maximum Gasteiger partial charge on any atom is 0.140 e.